The van der Waals surface area contributed by atoms with Gasteiger partial charge in [-0.15, -0.1) is 0 Å². The molecule has 4 rings (SSSR count). The molecule has 26 heavy (non-hydrogen) atoms. The molecule has 0 N–H and O–H groups in total. The van der Waals surface area contributed by atoms with Gasteiger partial charge in [-0.2, -0.15) is 0 Å². The van der Waals surface area contributed by atoms with Gasteiger partial charge in [-0.25, -0.2) is 4.57 Å². The van der Waals surface area contributed by atoms with E-state index in [9.17, 15) is 0 Å². The van der Waals surface area contributed by atoms with Gasteiger partial charge in [0.15, 0.2) is 6.20 Å². The van der Waals surface area contributed by atoms with E-state index < -0.39 is 0 Å². The third-order valence-corrected chi connectivity index (χ3v) is 6.31. The van der Waals surface area contributed by atoms with Crippen molar-refractivity contribution in [1.29, 1.82) is 0 Å². The monoisotopic (exact) mass is 344 g/mol. The summed E-state index contributed by atoms with van der Waals surface area (Å²) in [5.74, 6) is 0.740. The van der Waals surface area contributed by atoms with Crippen LogP contribution >= 0.6 is 0 Å². The zero-order valence-corrected chi connectivity index (χ0v) is 16.6. The van der Waals surface area contributed by atoms with E-state index in [1.807, 2.05) is 0 Å². The first-order valence-corrected chi connectivity index (χ1v) is 10.0. The molecule has 134 valence electrons. The highest BCUT2D eigenvalue weighted by Gasteiger charge is 2.22. The average Bonchev–Trinajstić information content (AvgIpc) is 2.65. The predicted octanol–water partition coefficient (Wildman–Crippen LogP) is 6.30. The van der Waals surface area contributed by atoms with Crippen LogP contribution in [-0.2, 0) is 7.05 Å². The molecule has 1 aliphatic rings. The second-order valence-corrected chi connectivity index (χ2v) is 8.21. The molecule has 1 fully saturated rings. The van der Waals surface area contributed by atoms with Gasteiger partial charge in [-0.05, 0) is 73.7 Å². The van der Waals surface area contributed by atoms with Crippen LogP contribution < -0.4 is 4.57 Å². The number of hydrogen-bond donors (Lipinski definition) is 0. The van der Waals surface area contributed by atoms with Crippen molar-refractivity contribution in [2.75, 3.05) is 0 Å². The van der Waals surface area contributed by atoms with E-state index in [4.69, 9.17) is 0 Å². The summed E-state index contributed by atoms with van der Waals surface area (Å²) in [4.78, 5) is 0. The van der Waals surface area contributed by atoms with Gasteiger partial charge in [-0.3, -0.25) is 0 Å². The van der Waals surface area contributed by atoms with Crippen LogP contribution in [0, 0.1) is 20.8 Å². The highest BCUT2D eigenvalue weighted by atomic mass is 14.9. The lowest BCUT2D eigenvalue weighted by atomic mass is 9.81. The van der Waals surface area contributed by atoms with Gasteiger partial charge in [-0.1, -0.05) is 43.0 Å². The largest absolute Gasteiger partial charge is 0.220 e. The van der Waals surface area contributed by atoms with Crippen molar-refractivity contribution < 1.29 is 4.57 Å². The molecule has 1 aliphatic carbocycles. The Hall–Kier alpha value is -2.15. The number of aromatic nitrogens is 1. The third kappa shape index (κ3) is 3.05. The van der Waals surface area contributed by atoms with E-state index in [0.29, 0.717) is 0 Å². The minimum absolute atomic E-state index is 0.740. The van der Waals surface area contributed by atoms with Gasteiger partial charge in [0, 0.05) is 6.07 Å². The SMILES string of the molecule is Cc1ccc2c(-c3cc(C4CCCCC4)cc(C)c3C)[n+](C)ccc2c1. The van der Waals surface area contributed by atoms with Crippen molar-refractivity contribution in [3.8, 4) is 11.3 Å². The van der Waals surface area contributed by atoms with Gasteiger partial charge in [0.05, 0.1) is 10.9 Å². The molecule has 0 saturated heterocycles. The summed E-state index contributed by atoms with van der Waals surface area (Å²) in [5.41, 5.74) is 8.46. The normalized spacial score (nSPS) is 15.5. The molecule has 1 saturated carbocycles. The van der Waals surface area contributed by atoms with E-state index in [0.717, 1.165) is 5.92 Å². The molecule has 0 unspecified atom stereocenters. The quantitative estimate of drug-likeness (QED) is 0.480. The minimum atomic E-state index is 0.740. The number of rotatable bonds is 2. The van der Waals surface area contributed by atoms with Gasteiger partial charge >= 0.3 is 0 Å². The van der Waals surface area contributed by atoms with Crippen LogP contribution in [0.25, 0.3) is 22.0 Å². The van der Waals surface area contributed by atoms with Crippen molar-refractivity contribution >= 4 is 10.8 Å². The molecule has 2 aromatic carbocycles. The van der Waals surface area contributed by atoms with Crippen LogP contribution in [0.5, 0.6) is 0 Å². The summed E-state index contributed by atoms with van der Waals surface area (Å²) < 4.78 is 2.30. The molecule has 0 spiro atoms. The van der Waals surface area contributed by atoms with Gasteiger partial charge in [0.25, 0.3) is 0 Å². The molecule has 1 aromatic heterocycles. The van der Waals surface area contributed by atoms with Crippen LogP contribution in [0.2, 0.25) is 0 Å². The molecule has 0 amide bonds. The standard InChI is InChI=1S/C25H30N/c1-17-10-11-23-21(14-17)12-13-26(4)25(23)24-16-22(15-18(2)19(24)3)20-8-6-5-7-9-20/h10-16,20H,5-9H2,1-4H3/q+1. The first kappa shape index (κ1) is 17.3. The van der Waals surface area contributed by atoms with Crippen molar-refractivity contribution in [2.24, 2.45) is 7.05 Å². The fourth-order valence-corrected chi connectivity index (χ4v) is 4.63. The van der Waals surface area contributed by atoms with E-state index in [-0.39, 0.29) is 0 Å². The predicted molar refractivity (Wildman–Crippen MR) is 111 cm³/mol. The summed E-state index contributed by atoms with van der Waals surface area (Å²) in [5, 5.41) is 2.68. The summed E-state index contributed by atoms with van der Waals surface area (Å²) in [6.07, 6.45) is 9.08. The minimum Gasteiger partial charge on any atom is -0.200 e. The topological polar surface area (TPSA) is 3.88 Å². The maximum absolute atomic E-state index is 2.49. The second-order valence-electron chi connectivity index (χ2n) is 8.21. The van der Waals surface area contributed by atoms with Crippen molar-refractivity contribution in [3.05, 3.63) is 64.8 Å². The van der Waals surface area contributed by atoms with E-state index in [1.165, 1.54) is 70.8 Å². The fourth-order valence-electron chi connectivity index (χ4n) is 4.63. The van der Waals surface area contributed by atoms with Gasteiger partial charge < -0.3 is 0 Å². The molecule has 0 atom stereocenters. The Morgan fingerprint density at radius 2 is 1.65 bits per heavy atom. The zero-order valence-electron chi connectivity index (χ0n) is 16.6. The lowest BCUT2D eigenvalue weighted by Gasteiger charge is -2.23. The molecular weight excluding hydrogens is 314 g/mol. The number of hydrogen-bond acceptors (Lipinski definition) is 0. The smallest absolute Gasteiger partial charge is 0.200 e. The summed E-state index contributed by atoms with van der Waals surface area (Å²) in [7, 11) is 2.18. The number of benzene rings is 2. The highest BCUT2D eigenvalue weighted by molar-refractivity contribution is 5.94. The lowest BCUT2D eigenvalue weighted by Crippen LogP contribution is -2.31. The Morgan fingerprint density at radius 1 is 0.885 bits per heavy atom. The molecule has 0 bridgehead atoms. The Balaban J connectivity index is 1.94. The maximum atomic E-state index is 2.49. The van der Waals surface area contributed by atoms with Crippen LogP contribution in [0.1, 0.15) is 60.3 Å². The van der Waals surface area contributed by atoms with Crippen LogP contribution in [0.4, 0.5) is 0 Å². The number of pyridine rings is 1. The highest BCUT2D eigenvalue weighted by Crippen LogP contribution is 2.37. The van der Waals surface area contributed by atoms with E-state index >= 15 is 0 Å². The number of nitrogens with zero attached hydrogens (tertiary/aromatic N) is 1. The number of aryl methyl sites for hydroxylation is 3. The molecule has 0 aliphatic heterocycles. The Bertz CT molecular complexity index is 962. The lowest BCUT2D eigenvalue weighted by molar-refractivity contribution is -0.659. The molecule has 1 nitrogen and oxygen atoms in total. The van der Waals surface area contributed by atoms with Crippen molar-refractivity contribution in [3.63, 3.8) is 0 Å². The number of fused-ring (bicyclic) bond motifs is 1. The summed E-state index contributed by atoms with van der Waals surface area (Å²) >= 11 is 0. The van der Waals surface area contributed by atoms with Crippen molar-refractivity contribution in [2.45, 2.75) is 58.8 Å². The average molecular weight is 345 g/mol. The Labute approximate surface area is 157 Å². The first-order valence-electron chi connectivity index (χ1n) is 10.0. The van der Waals surface area contributed by atoms with Crippen LogP contribution in [-0.4, -0.2) is 0 Å². The molecule has 1 heterocycles. The first-order chi connectivity index (χ1) is 12.5. The van der Waals surface area contributed by atoms with Gasteiger partial charge in [0.1, 0.15) is 7.05 Å². The molecule has 1 heteroatoms. The van der Waals surface area contributed by atoms with Gasteiger partial charge in [0.2, 0.25) is 5.69 Å². The fraction of sp³-hybridized carbons (Fsp3) is 0.400. The van der Waals surface area contributed by atoms with Crippen LogP contribution in [0.15, 0.2) is 42.6 Å². The van der Waals surface area contributed by atoms with Crippen molar-refractivity contribution in [1.82, 2.24) is 0 Å². The molecule has 0 radical (unpaired) electrons. The zero-order chi connectivity index (χ0) is 18.3. The maximum Gasteiger partial charge on any atom is 0.220 e. The second kappa shape index (κ2) is 6.87. The van der Waals surface area contributed by atoms with Crippen LogP contribution in [0.3, 0.4) is 0 Å². The summed E-state index contributed by atoms with van der Waals surface area (Å²) in [6, 6.07) is 14.0. The molecule has 3 aromatic rings. The van der Waals surface area contributed by atoms with E-state index in [1.54, 1.807) is 5.56 Å². The third-order valence-electron chi connectivity index (χ3n) is 6.31. The Kier molecular flexibility index (Phi) is 4.56. The Morgan fingerprint density at radius 3 is 2.42 bits per heavy atom. The summed E-state index contributed by atoms with van der Waals surface area (Å²) in [6.45, 7) is 6.73. The van der Waals surface area contributed by atoms with E-state index in [2.05, 4.69) is 75.0 Å². The molecular formula is C25H30N+.